The lowest BCUT2D eigenvalue weighted by Crippen LogP contribution is -2.52. The largest absolute Gasteiger partial charge is 0.480 e. The van der Waals surface area contributed by atoms with Crippen molar-refractivity contribution in [2.75, 3.05) is 0 Å². The van der Waals surface area contributed by atoms with Crippen LogP contribution in [-0.2, 0) is 17.3 Å². The Bertz CT molecular complexity index is 366. The summed E-state index contributed by atoms with van der Waals surface area (Å²) in [6.45, 7) is 0. The number of carboxylic acids is 1. The third-order valence-corrected chi connectivity index (χ3v) is 2.83. The Balaban J connectivity index is 2.39. The molecule has 1 aliphatic carbocycles. The molecule has 2 N–H and O–H groups in total. The fourth-order valence-electron chi connectivity index (χ4n) is 2.02. The first-order valence-electron chi connectivity index (χ1n) is 4.45. The molecule has 0 aromatic carbocycles. The molecule has 1 fully saturated rings. The van der Waals surface area contributed by atoms with Gasteiger partial charge in [-0.2, -0.15) is 0 Å². The van der Waals surface area contributed by atoms with E-state index < -0.39 is 17.5 Å². The van der Waals surface area contributed by atoms with Crippen molar-refractivity contribution >= 4 is 5.97 Å². The molecule has 0 spiro atoms. The summed E-state index contributed by atoms with van der Waals surface area (Å²) in [5.41, 5.74) is -0.975. The van der Waals surface area contributed by atoms with Crippen LogP contribution in [0.4, 0.5) is 0 Å². The van der Waals surface area contributed by atoms with Crippen molar-refractivity contribution in [3.05, 3.63) is 18.2 Å². The molecule has 0 radical (unpaired) electrons. The van der Waals surface area contributed by atoms with Gasteiger partial charge >= 0.3 is 5.97 Å². The lowest BCUT2D eigenvalue weighted by Gasteiger charge is -2.40. The Hall–Kier alpha value is -1.36. The molecular formula is C9H12N2O3. The highest BCUT2D eigenvalue weighted by Crippen LogP contribution is 2.43. The normalized spacial score (nSPS) is 31.1. The predicted molar refractivity (Wildman–Crippen MR) is 47.8 cm³/mol. The van der Waals surface area contributed by atoms with Gasteiger partial charge < -0.3 is 14.8 Å². The number of nitrogens with zero attached hydrogens (tertiary/aromatic N) is 2. The number of hydrogen-bond donors (Lipinski definition) is 2. The first-order chi connectivity index (χ1) is 6.56. The van der Waals surface area contributed by atoms with Gasteiger partial charge in [0.15, 0.2) is 0 Å². The van der Waals surface area contributed by atoms with Gasteiger partial charge in [0.2, 0.25) is 0 Å². The second-order valence-corrected chi connectivity index (χ2v) is 3.81. The summed E-state index contributed by atoms with van der Waals surface area (Å²) in [7, 11) is 1.76. The summed E-state index contributed by atoms with van der Waals surface area (Å²) in [4.78, 5) is 15.2. The van der Waals surface area contributed by atoms with Crippen molar-refractivity contribution in [3.8, 4) is 0 Å². The number of carboxylic acid groups (broad SMARTS) is 1. The third kappa shape index (κ3) is 1.05. The van der Waals surface area contributed by atoms with Crippen molar-refractivity contribution < 1.29 is 15.0 Å². The van der Waals surface area contributed by atoms with Crippen LogP contribution in [0.3, 0.4) is 0 Å². The number of hydrogen-bond acceptors (Lipinski definition) is 3. The maximum atomic E-state index is 11.1. The monoisotopic (exact) mass is 196 g/mol. The van der Waals surface area contributed by atoms with Crippen molar-refractivity contribution in [2.45, 2.75) is 24.4 Å². The first kappa shape index (κ1) is 9.21. The fraction of sp³-hybridized carbons (Fsp3) is 0.556. The average molecular weight is 196 g/mol. The molecule has 0 amide bonds. The molecule has 5 nitrogen and oxygen atoms in total. The van der Waals surface area contributed by atoms with Crippen molar-refractivity contribution in [1.82, 2.24) is 9.55 Å². The lowest BCUT2D eigenvalue weighted by atomic mass is 9.66. The second kappa shape index (κ2) is 2.81. The Kier molecular flexibility index (Phi) is 1.85. The van der Waals surface area contributed by atoms with Gasteiger partial charge in [-0.15, -0.1) is 0 Å². The highest BCUT2D eigenvalue weighted by atomic mass is 16.4. The van der Waals surface area contributed by atoms with Gasteiger partial charge in [-0.25, -0.2) is 4.98 Å². The molecule has 14 heavy (non-hydrogen) atoms. The molecule has 1 heterocycles. The van der Waals surface area contributed by atoms with Crippen molar-refractivity contribution in [1.29, 1.82) is 0 Å². The SMILES string of the molecule is Cn1ccnc1C1(C(=O)O)CC(O)C1. The van der Waals surface area contributed by atoms with Gasteiger partial charge in [0, 0.05) is 19.4 Å². The zero-order valence-electron chi connectivity index (χ0n) is 7.84. The van der Waals surface area contributed by atoms with E-state index in [1.807, 2.05) is 0 Å². The maximum Gasteiger partial charge on any atom is 0.317 e. The number of imidazole rings is 1. The van der Waals surface area contributed by atoms with Gasteiger partial charge in [0.1, 0.15) is 11.2 Å². The molecule has 0 aliphatic heterocycles. The summed E-state index contributed by atoms with van der Waals surface area (Å²) >= 11 is 0. The van der Waals surface area contributed by atoms with E-state index in [-0.39, 0.29) is 12.8 Å². The molecule has 1 aromatic heterocycles. The number of carbonyl (C=O) groups is 1. The Labute approximate surface area is 81.0 Å². The van der Waals surface area contributed by atoms with Gasteiger partial charge in [-0.1, -0.05) is 0 Å². The highest BCUT2D eigenvalue weighted by Gasteiger charge is 2.53. The van der Waals surface area contributed by atoms with Gasteiger partial charge in [-0.05, 0) is 12.8 Å². The molecule has 0 bridgehead atoms. The van der Waals surface area contributed by atoms with E-state index in [1.54, 1.807) is 24.0 Å². The first-order valence-corrected chi connectivity index (χ1v) is 4.45. The number of aromatic nitrogens is 2. The molecule has 1 saturated carbocycles. The minimum absolute atomic E-state index is 0.257. The summed E-state index contributed by atoms with van der Waals surface area (Å²) in [5.74, 6) is -0.382. The number of rotatable bonds is 2. The minimum Gasteiger partial charge on any atom is -0.480 e. The van der Waals surface area contributed by atoms with E-state index in [9.17, 15) is 9.90 Å². The topological polar surface area (TPSA) is 75.4 Å². The van der Waals surface area contributed by atoms with Gasteiger partial charge in [0.25, 0.3) is 0 Å². The molecule has 0 saturated heterocycles. The van der Waals surface area contributed by atoms with Crippen molar-refractivity contribution in [3.63, 3.8) is 0 Å². The minimum atomic E-state index is -0.975. The van der Waals surface area contributed by atoms with Crippen molar-refractivity contribution in [2.24, 2.45) is 7.05 Å². The van der Waals surface area contributed by atoms with E-state index in [1.165, 1.54) is 0 Å². The lowest BCUT2D eigenvalue weighted by molar-refractivity contribution is -0.153. The molecule has 2 rings (SSSR count). The van der Waals surface area contributed by atoms with Crippen LogP contribution in [0.2, 0.25) is 0 Å². The number of aliphatic hydroxyl groups excluding tert-OH is 1. The van der Waals surface area contributed by atoms with Crippen LogP contribution in [0.1, 0.15) is 18.7 Å². The van der Waals surface area contributed by atoms with E-state index >= 15 is 0 Å². The summed E-state index contributed by atoms with van der Waals surface area (Å²) in [6, 6.07) is 0. The maximum absolute atomic E-state index is 11.1. The molecule has 5 heteroatoms. The Morgan fingerprint density at radius 2 is 2.36 bits per heavy atom. The highest BCUT2D eigenvalue weighted by molar-refractivity contribution is 5.81. The Morgan fingerprint density at radius 3 is 2.71 bits per heavy atom. The molecule has 0 atom stereocenters. The van der Waals surface area contributed by atoms with Crippen LogP contribution in [0.5, 0.6) is 0 Å². The Morgan fingerprint density at radius 1 is 1.71 bits per heavy atom. The van der Waals surface area contributed by atoms with Gasteiger partial charge in [0.05, 0.1) is 6.10 Å². The summed E-state index contributed by atoms with van der Waals surface area (Å²) < 4.78 is 1.69. The molecule has 76 valence electrons. The fourth-order valence-corrected chi connectivity index (χ4v) is 2.02. The third-order valence-electron chi connectivity index (χ3n) is 2.83. The second-order valence-electron chi connectivity index (χ2n) is 3.81. The van der Waals surface area contributed by atoms with Crippen LogP contribution >= 0.6 is 0 Å². The van der Waals surface area contributed by atoms with Crippen LogP contribution < -0.4 is 0 Å². The zero-order chi connectivity index (χ0) is 10.3. The van der Waals surface area contributed by atoms with Crippen LogP contribution in [0, 0.1) is 0 Å². The quantitative estimate of drug-likeness (QED) is 0.692. The molecule has 1 aliphatic rings. The number of aliphatic hydroxyl groups is 1. The molecule has 1 aromatic rings. The smallest absolute Gasteiger partial charge is 0.317 e. The predicted octanol–water partition coefficient (Wildman–Crippen LogP) is -0.103. The number of aliphatic carboxylic acids is 1. The summed E-state index contributed by atoms with van der Waals surface area (Å²) in [5, 5.41) is 18.4. The van der Waals surface area contributed by atoms with E-state index in [0.717, 1.165) is 0 Å². The van der Waals surface area contributed by atoms with E-state index in [4.69, 9.17) is 5.11 Å². The van der Waals surface area contributed by atoms with Crippen LogP contribution in [-0.4, -0.2) is 31.8 Å². The zero-order valence-corrected chi connectivity index (χ0v) is 7.84. The van der Waals surface area contributed by atoms with E-state index in [2.05, 4.69) is 4.98 Å². The number of aryl methyl sites for hydroxylation is 1. The standard InChI is InChI=1S/C9H12N2O3/c1-11-3-2-10-7(11)9(8(13)14)4-6(12)5-9/h2-3,6,12H,4-5H2,1H3,(H,13,14). The molecule has 0 unspecified atom stereocenters. The van der Waals surface area contributed by atoms with Crippen LogP contribution in [0.15, 0.2) is 12.4 Å². The summed E-state index contributed by atoms with van der Waals surface area (Å²) in [6.07, 6.45) is 3.29. The molecular weight excluding hydrogens is 184 g/mol. The van der Waals surface area contributed by atoms with Gasteiger partial charge in [-0.3, -0.25) is 4.79 Å². The van der Waals surface area contributed by atoms with E-state index in [0.29, 0.717) is 5.82 Å². The average Bonchev–Trinajstić information content (AvgIpc) is 2.45. The van der Waals surface area contributed by atoms with Crippen LogP contribution in [0.25, 0.3) is 0 Å².